The highest BCUT2D eigenvalue weighted by Gasteiger charge is 2.38. The standard InChI is InChI=1S/C19H24O4S2/c1-13-6-7-15(23-13)12-19(24-8-5-9-25-19)14-10-16(20-2)18(22-4)17(11-14)21-3/h6-7,10-11H,5,8-9,12H2,1-4H3. The highest BCUT2D eigenvalue weighted by atomic mass is 32.2. The minimum Gasteiger partial charge on any atom is -0.493 e. The second kappa shape index (κ2) is 7.87. The SMILES string of the molecule is COc1cc(C2(Cc3ccc(C)o3)SCCCS2)cc(OC)c1OC. The molecule has 0 amide bonds. The fraction of sp³-hybridized carbons (Fsp3) is 0.474. The van der Waals surface area contributed by atoms with Gasteiger partial charge >= 0.3 is 0 Å². The molecule has 2 heterocycles. The van der Waals surface area contributed by atoms with E-state index in [1.165, 1.54) is 12.0 Å². The van der Waals surface area contributed by atoms with Gasteiger partial charge in [-0.3, -0.25) is 0 Å². The van der Waals surface area contributed by atoms with Crippen molar-refractivity contribution in [2.45, 2.75) is 23.8 Å². The van der Waals surface area contributed by atoms with Crippen LogP contribution in [0.2, 0.25) is 0 Å². The van der Waals surface area contributed by atoms with Gasteiger partial charge in [0.1, 0.15) is 11.5 Å². The Morgan fingerprint density at radius 2 is 1.64 bits per heavy atom. The molecule has 0 aliphatic carbocycles. The Labute approximate surface area is 157 Å². The van der Waals surface area contributed by atoms with E-state index in [-0.39, 0.29) is 4.08 Å². The normalized spacial score (nSPS) is 16.5. The van der Waals surface area contributed by atoms with Crippen molar-refractivity contribution in [2.24, 2.45) is 0 Å². The summed E-state index contributed by atoms with van der Waals surface area (Å²) >= 11 is 3.94. The van der Waals surface area contributed by atoms with Crippen LogP contribution in [0.3, 0.4) is 0 Å². The molecule has 0 atom stereocenters. The van der Waals surface area contributed by atoms with E-state index < -0.39 is 0 Å². The monoisotopic (exact) mass is 380 g/mol. The van der Waals surface area contributed by atoms with Crippen LogP contribution in [0.5, 0.6) is 17.2 Å². The molecule has 0 radical (unpaired) electrons. The smallest absolute Gasteiger partial charge is 0.203 e. The van der Waals surface area contributed by atoms with Crippen LogP contribution in [0.15, 0.2) is 28.7 Å². The van der Waals surface area contributed by atoms with Crippen LogP contribution in [0, 0.1) is 6.92 Å². The molecule has 0 unspecified atom stereocenters. The van der Waals surface area contributed by atoms with Gasteiger partial charge in [0.05, 0.1) is 25.4 Å². The number of hydrogen-bond acceptors (Lipinski definition) is 6. The van der Waals surface area contributed by atoms with Gasteiger partial charge in [-0.15, -0.1) is 23.5 Å². The Balaban J connectivity index is 2.06. The number of ether oxygens (including phenoxy) is 3. The van der Waals surface area contributed by atoms with Gasteiger partial charge in [0.2, 0.25) is 5.75 Å². The minimum atomic E-state index is -0.116. The lowest BCUT2D eigenvalue weighted by molar-refractivity contribution is 0.323. The number of methoxy groups -OCH3 is 3. The summed E-state index contributed by atoms with van der Waals surface area (Å²) in [7, 11) is 4.95. The van der Waals surface area contributed by atoms with Gasteiger partial charge in [0.25, 0.3) is 0 Å². The zero-order valence-corrected chi connectivity index (χ0v) is 16.7. The molecule has 0 spiro atoms. The van der Waals surface area contributed by atoms with Crippen molar-refractivity contribution in [3.8, 4) is 17.2 Å². The Kier molecular flexibility index (Phi) is 5.79. The van der Waals surface area contributed by atoms with E-state index in [0.717, 1.165) is 29.4 Å². The summed E-state index contributed by atoms with van der Waals surface area (Å²) in [6, 6.07) is 8.24. The molecule has 6 heteroatoms. The molecule has 1 aliphatic heterocycles. The van der Waals surface area contributed by atoms with E-state index in [4.69, 9.17) is 18.6 Å². The molecule has 1 aromatic carbocycles. The van der Waals surface area contributed by atoms with Crippen molar-refractivity contribution in [3.63, 3.8) is 0 Å². The number of furan rings is 1. The van der Waals surface area contributed by atoms with Crippen molar-refractivity contribution in [3.05, 3.63) is 41.3 Å². The zero-order chi connectivity index (χ0) is 17.9. The molecule has 1 aromatic heterocycles. The van der Waals surface area contributed by atoms with E-state index >= 15 is 0 Å². The predicted octanol–water partition coefficient (Wildman–Crippen LogP) is 4.88. The van der Waals surface area contributed by atoms with Crippen molar-refractivity contribution >= 4 is 23.5 Å². The molecule has 4 nitrogen and oxygen atoms in total. The van der Waals surface area contributed by atoms with E-state index in [1.54, 1.807) is 21.3 Å². The van der Waals surface area contributed by atoms with Crippen LogP contribution in [0.1, 0.15) is 23.5 Å². The molecular formula is C19H24O4S2. The first-order valence-electron chi connectivity index (χ1n) is 8.25. The lowest BCUT2D eigenvalue weighted by atomic mass is 10.1. The molecule has 1 saturated heterocycles. The van der Waals surface area contributed by atoms with Gasteiger partial charge in [-0.2, -0.15) is 0 Å². The van der Waals surface area contributed by atoms with E-state index in [0.29, 0.717) is 17.2 Å². The first-order chi connectivity index (χ1) is 12.1. The highest BCUT2D eigenvalue weighted by Crippen LogP contribution is 2.55. The maximum absolute atomic E-state index is 5.88. The summed E-state index contributed by atoms with van der Waals surface area (Å²) in [5, 5.41) is 0. The highest BCUT2D eigenvalue weighted by molar-refractivity contribution is 8.18. The molecule has 0 N–H and O–H groups in total. The van der Waals surface area contributed by atoms with Crippen LogP contribution in [-0.4, -0.2) is 32.8 Å². The summed E-state index contributed by atoms with van der Waals surface area (Å²) in [6.45, 7) is 1.98. The Bertz CT molecular complexity index is 695. The average Bonchev–Trinajstić information content (AvgIpc) is 3.05. The first-order valence-corrected chi connectivity index (χ1v) is 10.2. The zero-order valence-electron chi connectivity index (χ0n) is 15.1. The van der Waals surface area contributed by atoms with Crippen molar-refractivity contribution in [1.29, 1.82) is 0 Å². The van der Waals surface area contributed by atoms with Gasteiger partial charge in [-0.1, -0.05) is 0 Å². The molecule has 136 valence electrons. The quantitative estimate of drug-likeness (QED) is 0.711. The van der Waals surface area contributed by atoms with Crippen molar-refractivity contribution in [2.75, 3.05) is 32.8 Å². The fourth-order valence-electron chi connectivity index (χ4n) is 3.06. The Hall–Kier alpha value is -1.40. The Morgan fingerprint density at radius 1 is 1.00 bits per heavy atom. The molecule has 1 fully saturated rings. The van der Waals surface area contributed by atoms with Gasteiger partial charge < -0.3 is 18.6 Å². The summed E-state index contributed by atoms with van der Waals surface area (Å²) in [5.74, 6) is 6.22. The van der Waals surface area contributed by atoms with Crippen LogP contribution in [0.4, 0.5) is 0 Å². The largest absolute Gasteiger partial charge is 0.493 e. The van der Waals surface area contributed by atoms with E-state index in [2.05, 4.69) is 18.2 Å². The van der Waals surface area contributed by atoms with Crippen LogP contribution >= 0.6 is 23.5 Å². The molecule has 25 heavy (non-hydrogen) atoms. The molecule has 1 aliphatic rings. The molecule has 0 bridgehead atoms. The predicted molar refractivity (Wildman–Crippen MR) is 104 cm³/mol. The summed E-state index contributed by atoms with van der Waals surface area (Å²) in [6.07, 6.45) is 2.05. The van der Waals surface area contributed by atoms with Crippen molar-refractivity contribution in [1.82, 2.24) is 0 Å². The fourth-order valence-corrected chi connectivity index (χ4v) is 6.37. The number of rotatable bonds is 6. The van der Waals surface area contributed by atoms with Gasteiger partial charge in [-0.25, -0.2) is 0 Å². The number of thioether (sulfide) groups is 2. The van der Waals surface area contributed by atoms with Crippen LogP contribution in [-0.2, 0) is 10.5 Å². The molecular weight excluding hydrogens is 356 g/mol. The lowest BCUT2D eigenvalue weighted by Gasteiger charge is -2.36. The van der Waals surface area contributed by atoms with Crippen molar-refractivity contribution < 1.29 is 18.6 Å². The average molecular weight is 381 g/mol. The van der Waals surface area contributed by atoms with Crippen LogP contribution < -0.4 is 14.2 Å². The van der Waals surface area contributed by atoms with Gasteiger partial charge in [0, 0.05) is 6.42 Å². The lowest BCUT2D eigenvalue weighted by Crippen LogP contribution is -2.25. The molecule has 0 saturated carbocycles. The van der Waals surface area contributed by atoms with Gasteiger partial charge in [0.15, 0.2) is 11.5 Å². The molecule has 2 aromatic rings. The maximum Gasteiger partial charge on any atom is 0.203 e. The van der Waals surface area contributed by atoms with Gasteiger partial charge in [-0.05, 0) is 54.7 Å². The third kappa shape index (κ3) is 3.75. The number of hydrogen-bond donors (Lipinski definition) is 0. The summed E-state index contributed by atoms with van der Waals surface area (Å²) < 4.78 is 22.4. The topological polar surface area (TPSA) is 40.8 Å². The second-order valence-corrected chi connectivity index (χ2v) is 8.95. The minimum absolute atomic E-state index is 0.116. The number of aryl methyl sites for hydroxylation is 1. The second-order valence-electron chi connectivity index (χ2n) is 5.91. The Morgan fingerprint density at radius 3 is 2.12 bits per heavy atom. The third-order valence-corrected chi connectivity index (χ3v) is 7.65. The number of benzene rings is 1. The summed E-state index contributed by atoms with van der Waals surface area (Å²) in [4.78, 5) is 0. The van der Waals surface area contributed by atoms with Crippen LogP contribution in [0.25, 0.3) is 0 Å². The molecule has 3 rings (SSSR count). The third-order valence-electron chi connectivity index (χ3n) is 4.27. The summed E-state index contributed by atoms with van der Waals surface area (Å²) in [5.41, 5.74) is 1.17. The van der Waals surface area contributed by atoms with E-state index in [9.17, 15) is 0 Å². The maximum atomic E-state index is 5.88. The first kappa shape index (κ1) is 18.4. The van der Waals surface area contributed by atoms with E-state index in [1.807, 2.05) is 36.5 Å².